The normalized spacial score (nSPS) is 11.6. The molecule has 0 saturated carbocycles. The van der Waals surface area contributed by atoms with E-state index in [0.717, 1.165) is 0 Å². The molecule has 1 N–H and O–H groups in total. The molecule has 0 unspecified atom stereocenters. The maximum absolute atomic E-state index is 10.8. The molecule has 66 valence electrons. The second kappa shape index (κ2) is 6.15. The summed E-state index contributed by atoms with van der Waals surface area (Å²) in [5.74, 6) is -0.620. The number of esters is 1. The second-order valence-electron chi connectivity index (χ2n) is 1.86. The summed E-state index contributed by atoms with van der Waals surface area (Å²) in [6.45, 7) is 3.83. The molecule has 0 aromatic heterocycles. The lowest BCUT2D eigenvalue weighted by molar-refractivity contribution is -0.135. The van der Waals surface area contributed by atoms with E-state index in [1.54, 1.807) is 6.08 Å². The molecule has 0 amide bonds. The van der Waals surface area contributed by atoms with Gasteiger partial charge in [0, 0.05) is 6.21 Å². The molecule has 0 aromatic rings. The van der Waals surface area contributed by atoms with Crippen LogP contribution in [0.3, 0.4) is 0 Å². The summed E-state index contributed by atoms with van der Waals surface area (Å²) >= 11 is 0. The zero-order valence-corrected chi connectivity index (χ0v) is 6.86. The lowest BCUT2D eigenvalue weighted by Crippen LogP contribution is -2.05. The van der Waals surface area contributed by atoms with Gasteiger partial charge in [-0.2, -0.15) is 0 Å². The van der Waals surface area contributed by atoms with Gasteiger partial charge in [-0.05, 0) is 0 Å². The summed E-state index contributed by atoms with van der Waals surface area (Å²) in [5.41, 5.74) is 0.0133. The fourth-order valence-corrected chi connectivity index (χ4v) is 0.482. The molecule has 0 aliphatic rings. The van der Waals surface area contributed by atoms with Crippen molar-refractivity contribution in [1.82, 2.24) is 0 Å². The fourth-order valence-electron chi connectivity index (χ4n) is 0.482. The van der Waals surface area contributed by atoms with Crippen LogP contribution in [0.4, 0.5) is 0 Å². The first-order valence-electron chi connectivity index (χ1n) is 3.29. The summed E-state index contributed by atoms with van der Waals surface area (Å²) in [6.07, 6.45) is 3.45. The van der Waals surface area contributed by atoms with Gasteiger partial charge in [0.2, 0.25) is 0 Å². The Kier molecular flexibility index (Phi) is 5.34. The van der Waals surface area contributed by atoms with E-state index in [1.165, 1.54) is 13.3 Å². The third kappa shape index (κ3) is 3.55. The van der Waals surface area contributed by atoms with Crippen LogP contribution in [0.2, 0.25) is 0 Å². The minimum Gasteiger partial charge on any atom is -0.515 e. The first-order chi connectivity index (χ1) is 5.76. The van der Waals surface area contributed by atoms with Crippen LogP contribution in [-0.2, 0) is 9.53 Å². The van der Waals surface area contributed by atoms with Gasteiger partial charge in [0.05, 0.1) is 19.9 Å². The highest BCUT2D eigenvalue weighted by atomic mass is 16.5. The number of aliphatic hydroxyl groups excluding tert-OH is 1. The van der Waals surface area contributed by atoms with Gasteiger partial charge >= 0.3 is 5.97 Å². The Morgan fingerprint density at radius 1 is 1.75 bits per heavy atom. The molecule has 0 fully saturated rings. The van der Waals surface area contributed by atoms with Crippen molar-refractivity contribution in [2.75, 3.05) is 13.7 Å². The summed E-state index contributed by atoms with van der Waals surface area (Å²) in [5, 5.41) is 8.55. The largest absolute Gasteiger partial charge is 0.515 e. The van der Waals surface area contributed by atoms with Crippen LogP contribution in [0.15, 0.2) is 29.5 Å². The van der Waals surface area contributed by atoms with Crippen LogP contribution < -0.4 is 0 Å². The van der Waals surface area contributed by atoms with Crippen molar-refractivity contribution in [1.29, 1.82) is 0 Å². The van der Waals surface area contributed by atoms with Gasteiger partial charge in [0.25, 0.3) is 0 Å². The highest BCUT2D eigenvalue weighted by Gasteiger charge is 2.05. The number of carbonyl (C=O) groups is 1. The highest BCUT2D eigenvalue weighted by Crippen LogP contribution is 1.91. The molecule has 4 nitrogen and oxygen atoms in total. The number of aliphatic imine (C=N–C) groups is 1. The van der Waals surface area contributed by atoms with Gasteiger partial charge in [0.15, 0.2) is 0 Å². The third-order valence-corrected chi connectivity index (χ3v) is 1.03. The zero-order valence-electron chi connectivity index (χ0n) is 6.86. The lowest BCUT2D eigenvalue weighted by Gasteiger charge is -1.95. The van der Waals surface area contributed by atoms with Gasteiger partial charge in [-0.25, -0.2) is 4.79 Å². The van der Waals surface area contributed by atoms with Crippen molar-refractivity contribution in [3.8, 4) is 0 Å². The predicted octanol–water partition coefficient (Wildman–Crippen LogP) is 0.858. The molecule has 0 radical (unpaired) electrons. The first kappa shape index (κ1) is 10.4. The minimum atomic E-state index is -0.620. The molecule has 0 bridgehead atoms. The maximum atomic E-state index is 10.8. The topological polar surface area (TPSA) is 58.9 Å². The zero-order chi connectivity index (χ0) is 9.40. The van der Waals surface area contributed by atoms with E-state index in [-0.39, 0.29) is 5.57 Å². The summed E-state index contributed by atoms with van der Waals surface area (Å²) in [4.78, 5) is 14.5. The average Bonchev–Trinajstić information content (AvgIpc) is 2.11. The molecule has 12 heavy (non-hydrogen) atoms. The molecule has 0 aromatic carbocycles. The molecule has 0 rings (SSSR count). The van der Waals surface area contributed by atoms with Crippen molar-refractivity contribution < 1.29 is 14.6 Å². The molecule has 0 saturated heterocycles. The SMILES string of the molecule is C=CCN=C/C(=C\O)C(=O)OC. The Bertz CT molecular complexity index is 218. The number of rotatable bonds is 4. The number of hydrogen-bond donors (Lipinski definition) is 1. The minimum absolute atomic E-state index is 0.0133. The first-order valence-corrected chi connectivity index (χ1v) is 3.29. The van der Waals surface area contributed by atoms with Gasteiger partial charge in [-0.3, -0.25) is 4.99 Å². The van der Waals surface area contributed by atoms with E-state index in [4.69, 9.17) is 5.11 Å². The van der Waals surface area contributed by atoms with E-state index in [1.807, 2.05) is 0 Å². The van der Waals surface area contributed by atoms with Crippen molar-refractivity contribution in [2.45, 2.75) is 0 Å². The second-order valence-corrected chi connectivity index (χ2v) is 1.86. The Hall–Kier alpha value is -1.58. The van der Waals surface area contributed by atoms with Gasteiger partial charge in [-0.1, -0.05) is 6.08 Å². The van der Waals surface area contributed by atoms with Gasteiger partial charge < -0.3 is 9.84 Å². The smallest absolute Gasteiger partial charge is 0.342 e. The van der Waals surface area contributed by atoms with E-state index in [9.17, 15) is 4.79 Å². The number of ether oxygens (including phenoxy) is 1. The van der Waals surface area contributed by atoms with Crippen LogP contribution in [-0.4, -0.2) is 30.9 Å². The Labute approximate surface area is 70.9 Å². The number of methoxy groups -OCH3 is 1. The fraction of sp³-hybridized carbons (Fsp3) is 0.250. The Morgan fingerprint density at radius 2 is 2.42 bits per heavy atom. The Morgan fingerprint density at radius 3 is 2.83 bits per heavy atom. The van der Waals surface area contributed by atoms with Crippen LogP contribution in [0.25, 0.3) is 0 Å². The molecule has 0 spiro atoms. The number of carbonyl (C=O) groups excluding carboxylic acids is 1. The highest BCUT2D eigenvalue weighted by molar-refractivity contribution is 6.09. The van der Waals surface area contributed by atoms with Crippen LogP contribution in [0, 0.1) is 0 Å². The predicted molar refractivity (Wildman–Crippen MR) is 46.3 cm³/mol. The van der Waals surface area contributed by atoms with Crippen LogP contribution in [0.1, 0.15) is 0 Å². The third-order valence-electron chi connectivity index (χ3n) is 1.03. The standard InChI is InChI=1S/C8H11NO3/c1-3-4-9-5-7(6-10)8(11)12-2/h3,5-6,10H,1,4H2,2H3/b7-6+,9-5?. The molecule has 0 atom stereocenters. The monoisotopic (exact) mass is 169 g/mol. The Balaban J connectivity index is 4.19. The van der Waals surface area contributed by atoms with Crippen LogP contribution in [0.5, 0.6) is 0 Å². The molecular formula is C8H11NO3. The van der Waals surface area contributed by atoms with Crippen molar-refractivity contribution in [3.05, 3.63) is 24.5 Å². The average molecular weight is 169 g/mol. The van der Waals surface area contributed by atoms with E-state index < -0.39 is 5.97 Å². The number of aliphatic hydroxyl groups is 1. The molecule has 0 aliphatic carbocycles. The lowest BCUT2D eigenvalue weighted by atomic mass is 10.3. The number of nitrogens with zero attached hydrogens (tertiary/aromatic N) is 1. The van der Waals surface area contributed by atoms with E-state index in [0.29, 0.717) is 12.8 Å². The molecular weight excluding hydrogens is 158 g/mol. The van der Waals surface area contributed by atoms with Crippen molar-refractivity contribution in [3.63, 3.8) is 0 Å². The molecule has 0 aliphatic heterocycles. The van der Waals surface area contributed by atoms with E-state index >= 15 is 0 Å². The summed E-state index contributed by atoms with van der Waals surface area (Å²) < 4.78 is 4.35. The van der Waals surface area contributed by atoms with Crippen molar-refractivity contribution >= 4 is 12.2 Å². The summed E-state index contributed by atoms with van der Waals surface area (Å²) in [7, 11) is 1.23. The van der Waals surface area contributed by atoms with Gasteiger partial charge in [-0.15, -0.1) is 6.58 Å². The quantitative estimate of drug-likeness (QED) is 0.223. The van der Waals surface area contributed by atoms with Crippen molar-refractivity contribution in [2.24, 2.45) is 4.99 Å². The van der Waals surface area contributed by atoms with Crippen LogP contribution >= 0.6 is 0 Å². The van der Waals surface area contributed by atoms with Gasteiger partial charge in [0.1, 0.15) is 5.57 Å². The maximum Gasteiger partial charge on any atom is 0.342 e. The van der Waals surface area contributed by atoms with E-state index in [2.05, 4.69) is 16.3 Å². The molecule has 0 heterocycles. The molecule has 4 heteroatoms. The number of hydrogen-bond acceptors (Lipinski definition) is 4. The summed E-state index contributed by atoms with van der Waals surface area (Å²) in [6, 6.07) is 0.